The van der Waals surface area contributed by atoms with Crippen molar-refractivity contribution in [2.24, 2.45) is 0 Å². The zero-order chi connectivity index (χ0) is 12.4. The van der Waals surface area contributed by atoms with Gasteiger partial charge >= 0.3 is 0 Å². The van der Waals surface area contributed by atoms with Gasteiger partial charge in [-0.3, -0.25) is 9.69 Å². The van der Waals surface area contributed by atoms with Crippen molar-refractivity contribution in [2.75, 3.05) is 13.1 Å². The van der Waals surface area contributed by atoms with Crippen LogP contribution < -0.4 is 0 Å². The van der Waals surface area contributed by atoms with E-state index in [1.165, 1.54) is 0 Å². The highest BCUT2D eigenvalue weighted by atomic mass is 16.2. The van der Waals surface area contributed by atoms with Crippen LogP contribution in [0.25, 0.3) is 0 Å². The molecule has 0 bridgehead atoms. The van der Waals surface area contributed by atoms with Crippen molar-refractivity contribution in [3.8, 4) is 0 Å². The minimum absolute atomic E-state index is 0.111. The van der Waals surface area contributed by atoms with Crippen molar-refractivity contribution in [2.45, 2.75) is 26.9 Å². The Morgan fingerprint density at radius 2 is 1.88 bits per heavy atom. The predicted octanol–water partition coefficient (Wildman–Crippen LogP) is 2.34. The molecule has 1 aliphatic heterocycles. The van der Waals surface area contributed by atoms with Crippen molar-refractivity contribution in [3.63, 3.8) is 0 Å². The monoisotopic (exact) mass is 231 g/mol. The summed E-state index contributed by atoms with van der Waals surface area (Å²) in [5.41, 5.74) is 1.84. The number of carbonyl (C=O) groups excluding carboxylic acids is 1. The van der Waals surface area contributed by atoms with E-state index in [9.17, 15) is 4.79 Å². The normalized spacial score (nSPS) is 16.5. The molecule has 17 heavy (non-hydrogen) atoms. The van der Waals surface area contributed by atoms with Gasteiger partial charge in [-0.2, -0.15) is 0 Å². The number of carbonyl (C=O) groups is 1. The molecule has 0 spiro atoms. The average Bonchev–Trinajstić information content (AvgIpc) is 2.69. The van der Waals surface area contributed by atoms with E-state index in [1.807, 2.05) is 35.7 Å². The van der Waals surface area contributed by atoms with E-state index in [-0.39, 0.29) is 12.1 Å². The lowest BCUT2D eigenvalue weighted by Crippen LogP contribution is -2.45. The molecular formula is C14H19N2O. The lowest BCUT2D eigenvalue weighted by Gasteiger charge is -2.33. The molecule has 0 fully saturated rings. The van der Waals surface area contributed by atoms with Crippen LogP contribution in [0, 0.1) is 6.54 Å². The maximum absolute atomic E-state index is 12.2. The van der Waals surface area contributed by atoms with E-state index in [1.54, 1.807) is 0 Å². The molecule has 2 rings (SSSR count). The fourth-order valence-electron chi connectivity index (χ4n) is 2.36. The van der Waals surface area contributed by atoms with E-state index < -0.39 is 0 Å². The first-order valence-corrected chi connectivity index (χ1v) is 6.19. The van der Waals surface area contributed by atoms with Crippen molar-refractivity contribution in [3.05, 3.63) is 41.9 Å². The van der Waals surface area contributed by atoms with Gasteiger partial charge in [0.2, 0.25) is 0 Å². The number of nitrogens with zero attached hydrogens (tertiary/aromatic N) is 2. The second kappa shape index (κ2) is 4.88. The van der Waals surface area contributed by atoms with Gasteiger partial charge in [0.1, 0.15) is 0 Å². The summed E-state index contributed by atoms with van der Waals surface area (Å²) in [7, 11) is 0. The highest BCUT2D eigenvalue weighted by Gasteiger charge is 2.32. The Bertz CT molecular complexity index is 412. The molecule has 1 amide bonds. The lowest BCUT2D eigenvalue weighted by molar-refractivity contribution is 0.0554. The van der Waals surface area contributed by atoms with Gasteiger partial charge in [0.05, 0.1) is 12.7 Å². The molecular weight excluding hydrogens is 212 g/mol. The van der Waals surface area contributed by atoms with Gasteiger partial charge in [-0.05, 0) is 31.6 Å². The molecule has 1 radical (unpaired) electrons. The van der Waals surface area contributed by atoms with E-state index in [4.69, 9.17) is 0 Å². The summed E-state index contributed by atoms with van der Waals surface area (Å²) in [6, 6.07) is 7.76. The van der Waals surface area contributed by atoms with Crippen LogP contribution >= 0.6 is 0 Å². The first-order valence-electron chi connectivity index (χ1n) is 6.19. The Morgan fingerprint density at radius 3 is 2.47 bits per heavy atom. The second-order valence-electron chi connectivity index (χ2n) is 4.28. The van der Waals surface area contributed by atoms with Gasteiger partial charge in [0, 0.05) is 5.56 Å². The molecule has 1 unspecified atom stereocenters. The first-order chi connectivity index (χ1) is 8.19. The zero-order valence-corrected chi connectivity index (χ0v) is 10.7. The molecule has 1 aromatic carbocycles. The smallest absolute Gasteiger partial charge is 0.256 e. The molecule has 0 saturated heterocycles. The summed E-state index contributed by atoms with van der Waals surface area (Å²) in [6.45, 7) is 10.2. The molecule has 91 valence electrons. The highest BCUT2D eigenvalue weighted by molar-refractivity contribution is 6.00. The lowest BCUT2D eigenvalue weighted by atomic mass is 10.1. The second-order valence-corrected chi connectivity index (χ2v) is 4.28. The van der Waals surface area contributed by atoms with Crippen molar-refractivity contribution >= 4 is 5.91 Å². The van der Waals surface area contributed by atoms with Gasteiger partial charge in [0.25, 0.3) is 5.91 Å². The maximum atomic E-state index is 12.2. The standard InChI is InChI=1S/C14H19N2O/c1-4-15(5-2)11(3)16-10-12-8-6-7-9-13(12)14(16)17/h6-11H,4-5H2,1-3H3. The van der Waals surface area contributed by atoms with Crippen LogP contribution in [-0.4, -0.2) is 35.0 Å². The Morgan fingerprint density at radius 1 is 1.24 bits per heavy atom. The Kier molecular flexibility index (Phi) is 3.48. The molecule has 3 heteroatoms. The van der Waals surface area contributed by atoms with Gasteiger partial charge in [-0.25, -0.2) is 0 Å². The SMILES string of the molecule is CCN(CC)C(C)N1[CH]c2ccccc2C1=O. The number of rotatable bonds is 4. The summed E-state index contributed by atoms with van der Waals surface area (Å²) in [6.07, 6.45) is 0.116. The van der Waals surface area contributed by atoms with Crippen LogP contribution in [0.1, 0.15) is 36.7 Å². The van der Waals surface area contributed by atoms with E-state index in [0.717, 1.165) is 24.2 Å². The number of hydrogen-bond acceptors (Lipinski definition) is 2. The third kappa shape index (κ3) is 2.07. The molecule has 1 aromatic rings. The van der Waals surface area contributed by atoms with E-state index in [0.29, 0.717) is 0 Å². The van der Waals surface area contributed by atoms with Crippen molar-refractivity contribution in [1.82, 2.24) is 9.80 Å². The van der Waals surface area contributed by atoms with Gasteiger partial charge in [0.15, 0.2) is 0 Å². The summed E-state index contributed by atoms with van der Waals surface area (Å²) < 4.78 is 0. The highest BCUT2D eigenvalue weighted by Crippen LogP contribution is 2.26. The van der Waals surface area contributed by atoms with Crippen molar-refractivity contribution < 1.29 is 4.79 Å². The van der Waals surface area contributed by atoms with Gasteiger partial charge in [-0.15, -0.1) is 0 Å². The third-order valence-electron chi connectivity index (χ3n) is 3.45. The van der Waals surface area contributed by atoms with Crippen LogP contribution in [0.3, 0.4) is 0 Å². The van der Waals surface area contributed by atoms with Crippen LogP contribution in [0.2, 0.25) is 0 Å². The average molecular weight is 231 g/mol. The molecule has 1 heterocycles. The molecule has 1 aliphatic rings. The molecule has 3 nitrogen and oxygen atoms in total. The van der Waals surface area contributed by atoms with E-state index >= 15 is 0 Å². The summed E-state index contributed by atoms with van der Waals surface area (Å²) in [5, 5.41) is 0. The van der Waals surface area contributed by atoms with Crippen molar-refractivity contribution in [1.29, 1.82) is 0 Å². The van der Waals surface area contributed by atoms with Gasteiger partial charge < -0.3 is 4.90 Å². The summed E-state index contributed by atoms with van der Waals surface area (Å²) >= 11 is 0. The first kappa shape index (κ1) is 12.1. The maximum Gasteiger partial charge on any atom is 0.256 e. The largest absolute Gasteiger partial charge is 0.314 e. The van der Waals surface area contributed by atoms with Crippen LogP contribution in [0.5, 0.6) is 0 Å². The van der Waals surface area contributed by atoms with Crippen LogP contribution in [-0.2, 0) is 0 Å². The number of fused-ring (bicyclic) bond motifs is 1. The number of benzene rings is 1. The fraction of sp³-hybridized carbons (Fsp3) is 0.429. The number of amides is 1. The Labute approximate surface area is 103 Å². The Balaban J connectivity index is 2.19. The minimum atomic E-state index is 0.111. The summed E-state index contributed by atoms with van der Waals surface area (Å²) in [4.78, 5) is 16.3. The molecule has 0 aromatic heterocycles. The minimum Gasteiger partial charge on any atom is -0.314 e. The van der Waals surface area contributed by atoms with E-state index in [2.05, 4.69) is 25.7 Å². The topological polar surface area (TPSA) is 23.6 Å². The molecule has 0 saturated carbocycles. The third-order valence-corrected chi connectivity index (χ3v) is 3.45. The summed E-state index contributed by atoms with van der Waals surface area (Å²) in [5.74, 6) is 0.111. The fourth-order valence-corrected chi connectivity index (χ4v) is 2.36. The predicted molar refractivity (Wildman–Crippen MR) is 68.4 cm³/mol. The van der Waals surface area contributed by atoms with Crippen LogP contribution in [0.15, 0.2) is 24.3 Å². The quantitative estimate of drug-likeness (QED) is 0.794. The molecule has 0 N–H and O–H groups in total. The van der Waals surface area contributed by atoms with Crippen LogP contribution in [0.4, 0.5) is 0 Å². The van der Waals surface area contributed by atoms with Gasteiger partial charge in [-0.1, -0.05) is 32.0 Å². The zero-order valence-electron chi connectivity index (χ0n) is 10.7. The Hall–Kier alpha value is -1.35. The molecule has 0 aliphatic carbocycles. The number of hydrogen-bond donors (Lipinski definition) is 0. The molecule has 1 atom stereocenters.